The molecule has 3 rings (SSSR count). The van der Waals surface area contributed by atoms with Crippen LogP contribution in [0.3, 0.4) is 0 Å². The number of sulfonamides is 1. The molecule has 0 amide bonds. The molecule has 1 aromatic carbocycles. The van der Waals surface area contributed by atoms with Crippen LogP contribution in [0, 0.1) is 32.4 Å². The number of aromatic nitrogens is 1. The Labute approximate surface area is 147 Å². The summed E-state index contributed by atoms with van der Waals surface area (Å²) in [4.78, 5) is 1.21. The van der Waals surface area contributed by atoms with Gasteiger partial charge in [-0.1, -0.05) is 5.16 Å². The van der Waals surface area contributed by atoms with Gasteiger partial charge in [0.1, 0.15) is 4.90 Å². The normalized spacial score (nSPS) is 11.7. The highest BCUT2D eigenvalue weighted by atomic mass is 32.2. The minimum atomic E-state index is -3.96. The van der Waals surface area contributed by atoms with E-state index in [4.69, 9.17) is 4.52 Å². The third-order valence-corrected chi connectivity index (χ3v) is 6.40. The monoisotopic (exact) mass is 384 g/mol. The van der Waals surface area contributed by atoms with E-state index >= 15 is 0 Å². The molecule has 25 heavy (non-hydrogen) atoms. The Hall–Kier alpha value is -2.26. The summed E-state index contributed by atoms with van der Waals surface area (Å²) in [5.41, 5.74) is 1.50. The molecule has 0 atom stereocenters. The smallest absolute Gasteiger partial charge is 0.263 e. The van der Waals surface area contributed by atoms with Crippen molar-refractivity contribution in [1.82, 2.24) is 5.16 Å². The van der Waals surface area contributed by atoms with Crippen LogP contribution in [0.4, 0.5) is 14.5 Å². The molecule has 0 saturated heterocycles. The molecule has 0 aliphatic carbocycles. The predicted molar refractivity (Wildman–Crippen MR) is 91.2 cm³/mol. The van der Waals surface area contributed by atoms with Crippen molar-refractivity contribution in [3.05, 3.63) is 52.0 Å². The van der Waals surface area contributed by atoms with Gasteiger partial charge in [0, 0.05) is 16.5 Å². The summed E-state index contributed by atoms with van der Waals surface area (Å²) in [5, 5.41) is 3.87. The van der Waals surface area contributed by atoms with Crippen molar-refractivity contribution >= 4 is 27.0 Å². The highest BCUT2D eigenvalue weighted by Gasteiger charge is 2.23. The lowest BCUT2D eigenvalue weighted by atomic mass is 10.2. The highest BCUT2D eigenvalue weighted by molar-refractivity contribution is 7.93. The highest BCUT2D eigenvalue weighted by Crippen LogP contribution is 2.36. The second-order valence-corrected chi connectivity index (χ2v) is 8.39. The number of rotatable bonds is 4. The Kier molecular flexibility index (Phi) is 4.38. The number of halogens is 2. The lowest BCUT2D eigenvalue weighted by molar-refractivity contribution is 0.427. The van der Waals surface area contributed by atoms with E-state index in [1.807, 2.05) is 6.92 Å². The molecular weight excluding hydrogens is 370 g/mol. The van der Waals surface area contributed by atoms with E-state index in [1.54, 1.807) is 13.8 Å². The van der Waals surface area contributed by atoms with Gasteiger partial charge in [-0.3, -0.25) is 4.72 Å². The first kappa shape index (κ1) is 17.6. The molecule has 0 radical (unpaired) electrons. The Bertz CT molecular complexity index is 1060. The first-order chi connectivity index (χ1) is 11.7. The lowest BCUT2D eigenvalue weighted by Gasteiger charge is -2.07. The Morgan fingerprint density at radius 3 is 2.44 bits per heavy atom. The van der Waals surface area contributed by atoms with Crippen molar-refractivity contribution in [3.8, 4) is 10.6 Å². The van der Waals surface area contributed by atoms with Crippen molar-refractivity contribution in [1.29, 1.82) is 0 Å². The molecule has 0 bridgehead atoms. The van der Waals surface area contributed by atoms with Crippen LogP contribution in [0.25, 0.3) is 10.6 Å². The zero-order valence-electron chi connectivity index (χ0n) is 13.6. The first-order valence-electron chi connectivity index (χ1n) is 7.20. The zero-order chi connectivity index (χ0) is 18.4. The number of hydrogen-bond acceptors (Lipinski definition) is 5. The van der Waals surface area contributed by atoms with E-state index in [-0.39, 0.29) is 10.6 Å². The fraction of sp³-hybridized carbons (Fsp3) is 0.188. The molecule has 0 aliphatic rings. The molecule has 132 valence electrons. The van der Waals surface area contributed by atoms with Crippen LogP contribution in [0.15, 0.2) is 33.7 Å². The van der Waals surface area contributed by atoms with E-state index in [0.717, 1.165) is 29.5 Å². The molecule has 1 N–H and O–H groups in total. The number of thiophene rings is 1. The minimum Gasteiger partial charge on any atom is -0.355 e. The number of aryl methyl sites for hydroxylation is 2. The van der Waals surface area contributed by atoms with E-state index in [0.29, 0.717) is 15.5 Å². The van der Waals surface area contributed by atoms with Gasteiger partial charge in [0.25, 0.3) is 10.0 Å². The van der Waals surface area contributed by atoms with Gasteiger partial charge in [0.2, 0.25) is 0 Å². The number of nitrogens with one attached hydrogen (secondary N) is 1. The van der Waals surface area contributed by atoms with E-state index < -0.39 is 21.7 Å². The summed E-state index contributed by atoms with van der Waals surface area (Å²) < 4.78 is 59.0. The largest absolute Gasteiger partial charge is 0.355 e. The summed E-state index contributed by atoms with van der Waals surface area (Å²) in [7, 11) is -3.96. The van der Waals surface area contributed by atoms with Crippen LogP contribution >= 0.6 is 11.3 Å². The van der Waals surface area contributed by atoms with Crippen LogP contribution in [0.1, 0.15) is 16.1 Å². The van der Waals surface area contributed by atoms with Crippen LogP contribution in [0.2, 0.25) is 0 Å². The summed E-state index contributed by atoms with van der Waals surface area (Å²) in [5.74, 6) is -1.66. The molecule has 9 heteroatoms. The van der Waals surface area contributed by atoms with Gasteiger partial charge in [-0.25, -0.2) is 17.2 Å². The fourth-order valence-electron chi connectivity index (χ4n) is 2.26. The zero-order valence-corrected chi connectivity index (χ0v) is 15.2. The van der Waals surface area contributed by atoms with Gasteiger partial charge in [-0.15, -0.1) is 11.3 Å². The molecular formula is C16H14F2N2O3S2. The maximum Gasteiger partial charge on any atom is 0.263 e. The van der Waals surface area contributed by atoms with E-state index in [2.05, 4.69) is 9.88 Å². The summed E-state index contributed by atoms with van der Waals surface area (Å²) >= 11 is 1.25. The summed E-state index contributed by atoms with van der Waals surface area (Å²) in [6.45, 7) is 5.29. The molecule has 2 aromatic heterocycles. The maximum atomic E-state index is 13.3. The predicted octanol–water partition coefficient (Wildman–Crippen LogP) is 4.41. The number of benzene rings is 1. The van der Waals surface area contributed by atoms with Crippen LogP contribution in [-0.4, -0.2) is 13.6 Å². The van der Waals surface area contributed by atoms with Crippen molar-refractivity contribution in [2.45, 2.75) is 25.7 Å². The van der Waals surface area contributed by atoms with Crippen molar-refractivity contribution in [2.24, 2.45) is 0 Å². The van der Waals surface area contributed by atoms with Crippen LogP contribution in [0.5, 0.6) is 0 Å². The standard InChI is InChI=1S/C16H14F2N2O3S2/c1-8-9(2)19-23-16(8)14-7-15(10(3)24-14)25(21,22)20-11-4-5-12(17)13(18)6-11/h4-7,20H,1-3H3. The van der Waals surface area contributed by atoms with Crippen LogP contribution < -0.4 is 4.72 Å². The van der Waals surface area contributed by atoms with E-state index in [1.165, 1.54) is 17.4 Å². The molecule has 0 unspecified atom stereocenters. The van der Waals surface area contributed by atoms with Gasteiger partial charge in [0.05, 0.1) is 16.3 Å². The number of nitrogens with zero attached hydrogens (tertiary/aromatic N) is 1. The van der Waals surface area contributed by atoms with Gasteiger partial charge in [-0.2, -0.15) is 0 Å². The molecule has 3 aromatic rings. The third-order valence-electron chi connectivity index (χ3n) is 3.71. The minimum absolute atomic E-state index is 0.0469. The summed E-state index contributed by atoms with van der Waals surface area (Å²) in [6, 6.07) is 4.29. The van der Waals surface area contributed by atoms with Gasteiger partial charge in [0.15, 0.2) is 17.4 Å². The molecule has 0 fully saturated rings. The molecule has 5 nitrogen and oxygen atoms in total. The van der Waals surface area contributed by atoms with Gasteiger partial charge >= 0.3 is 0 Å². The topological polar surface area (TPSA) is 72.2 Å². The fourth-order valence-corrected chi connectivity index (χ4v) is 4.94. The van der Waals surface area contributed by atoms with Gasteiger partial charge in [-0.05, 0) is 39.0 Å². The Balaban J connectivity index is 1.97. The number of hydrogen-bond donors (Lipinski definition) is 1. The van der Waals surface area contributed by atoms with Gasteiger partial charge < -0.3 is 4.52 Å². The second-order valence-electron chi connectivity index (χ2n) is 5.49. The Morgan fingerprint density at radius 2 is 1.84 bits per heavy atom. The molecule has 0 aliphatic heterocycles. The van der Waals surface area contributed by atoms with Crippen molar-refractivity contribution < 1.29 is 21.7 Å². The SMILES string of the molecule is Cc1noc(-c2cc(S(=O)(=O)Nc3ccc(F)c(F)c3)c(C)s2)c1C. The molecule has 0 saturated carbocycles. The number of anilines is 1. The molecule has 0 spiro atoms. The average Bonchev–Trinajstić information content (AvgIpc) is 3.07. The summed E-state index contributed by atoms with van der Waals surface area (Å²) in [6.07, 6.45) is 0. The lowest BCUT2D eigenvalue weighted by Crippen LogP contribution is -2.13. The van der Waals surface area contributed by atoms with Crippen LogP contribution in [-0.2, 0) is 10.0 Å². The Morgan fingerprint density at radius 1 is 1.12 bits per heavy atom. The van der Waals surface area contributed by atoms with Crippen molar-refractivity contribution in [2.75, 3.05) is 4.72 Å². The third kappa shape index (κ3) is 3.29. The molecule has 2 heterocycles. The maximum absolute atomic E-state index is 13.3. The van der Waals surface area contributed by atoms with Crippen molar-refractivity contribution in [3.63, 3.8) is 0 Å². The first-order valence-corrected chi connectivity index (χ1v) is 9.50. The average molecular weight is 384 g/mol. The second kappa shape index (κ2) is 6.23. The van der Waals surface area contributed by atoms with E-state index in [9.17, 15) is 17.2 Å². The quantitative estimate of drug-likeness (QED) is 0.723.